The quantitative estimate of drug-likeness (QED) is 0.0466. The predicted octanol–water partition coefficient (Wildman–Crippen LogP) is 26.9. The average molecular weight is 1050 g/mol. The molecule has 0 amide bonds. The van der Waals surface area contributed by atoms with E-state index in [1.807, 2.05) is 6.21 Å². The SMILES string of the molecule is CCCCCCCCCCCCCCCCCCCCCCCCC=Cc1cccc(N=CC(CCCCCCCC)=Nc2cccc(C=CCCCCCCCCCCCCCCCCCCCCCCCC)c2)c1. The lowest BCUT2D eigenvalue weighted by atomic mass is 10.0. The summed E-state index contributed by atoms with van der Waals surface area (Å²) in [6.45, 7) is 6.91. The molecule has 0 saturated carbocycles. The Hall–Kier alpha value is -2.74. The summed E-state index contributed by atoms with van der Waals surface area (Å²) in [5.41, 5.74) is 5.61. The van der Waals surface area contributed by atoms with E-state index in [1.165, 1.54) is 326 Å². The molecule has 434 valence electrons. The first-order valence-corrected chi connectivity index (χ1v) is 34.4. The summed E-state index contributed by atoms with van der Waals surface area (Å²) in [6, 6.07) is 17.5. The maximum Gasteiger partial charge on any atom is 0.0639 e. The second-order valence-electron chi connectivity index (χ2n) is 23.8. The normalized spacial score (nSPS) is 12.2. The molecule has 76 heavy (non-hydrogen) atoms. The molecule has 0 N–H and O–H groups in total. The van der Waals surface area contributed by atoms with Crippen LogP contribution < -0.4 is 0 Å². The van der Waals surface area contributed by atoms with Crippen LogP contribution in [-0.4, -0.2) is 11.9 Å². The zero-order valence-electron chi connectivity index (χ0n) is 51.4. The molecule has 0 heterocycles. The number of rotatable bonds is 58. The molecule has 2 aromatic rings. The summed E-state index contributed by atoms with van der Waals surface area (Å²) in [5.74, 6) is 0. The van der Waals surface area contributed by atoms with Crippen molar-refractivity contribution in [2.75, 3.05) is 0 Å². The Morgan fingerprint density at radius 3 is 0.882 bits per heavy atom. The van der Waals surface area contributed by atoms with Gasteiger partial charge in [0, 0.05) is 6.21 Å². The van der Waals surface area contributed by atoms with Crippen LogP contribution in [0.15, 0.2) is 70.7 Å². The molecular formula is C74H128N2. The Balaban J connectivity index is 1.59. The van der Waals surface area contributed by atoms with E-state index in [1.54, 1.807) is 0 Å². The van der Waals surface area contributed by atoms with Crippen LogP contribution in [0.1, 0.15) is 372 Å². The average Bonchev–Trinajstić information content (AvgIpc) is 3.43. The van der Waals surface area contributed by atoms with Crippen molar-refractivity contribution in [3.8, 4) is 0 Å². The van der Waals surface area contributed by atoms with E-state index >= 15 is 0 Å². The van der Waals surface area contributed by atoms with Gasteiger partial charge in [-0.1, -0.05) is 371 Å². The van der Waals surface area contributed by atoms with Gasteiger partial charge in [-0.15, -0.1) is 0 Å². The summed E-state index contributed by atoms with van der Waals surface area (Å²) in [5, 5.41) is 0. The fourth-order valence-electron chi connectivity index (χ4n) is 11.1. The van der Waals surface area contributed by atoms with Crippen LogP contribution in [0, 0.1) is 0 Å². The van der Waals surface area contributed by atoms with Gasteiger partial charge in [0.25, 0.3) is 0 Å². The standard InChI is InChI=1S/C74H128N2/c1-4-7-10-13-16-18-20-22-24-26-28-30-32-34-36-38-40-42-44-46-48-50-52-55-60-70-62-58-65-72(67-70)75-69-74(64-57-54-15-12-9-6-3)76-73-66-59-63-71(68-73)61-56-53-51-49-47-45-43-41-39-37-35-33-31-29-27-25-23-21-19-17-14-11-8-5-2/h55-56,58-63,65-69H,4-54,57,64H2,1-3H3. The van der Waals surface area contributed by atoms with Crippen molar-refractivity contribution in [3.05, 3.63) is 71.8 Å². The number of aliphatic imine (C=N–C) groups is 2. The molecule has 0 spiro atoms. The monoisotopic (exact) mass is 1050 g/mol. The van der Waals surface area contributed by atoms with Crippen LogP contribution in [0.5, 0.6) is 0 Å². The first-order valence-electron chi connectivity index (χ1n) is 34.4. The molecule has 0 atom stereocenters. The number of allylic oxidation sites excluding steroid dienone is 2. The first-order chi connectivity index (χ1) is 37.7. The Morgan fingerprint density at radius 2 is 0.566 bits per heavy atom. The Morgan fingerprint density at radius 1 is 0.303 bits per heavy atom. The van der Waals surface area contributed by atoms with Gasteiger partial charge >= 0.3 is 0 Å². The molecule has 0 unspecified atom stereocenters. The maximum absolute atomic E-state index is 5.19. The number of nitrogens with zero attached hydrogens (tertiary/aromatic N) is 2. The van der Waals surface area contributed by atoms with Crippen LogP contribution in [0.4, 0.5) is 11.4 Å². The van der Waals surface area contributed by atoms with Gasteiger partial charge in [0.15, 0.2) is 0 Å². The van der Waals surface area contributed by atoms with Crippen LogP contribution in [0.25, 0.3) is 12.2 Å². The van der Waals surface area contributed by atoms with Gasteiger partial charge < -0.3 is 0 Å². The van der Waals surface area contributed by atoms with Gasteiger partial charge in [0.05, 0.1) is 17.1 Å². The third-order valence-corrected chi connectivity index (χ3v) is 16.2. The van der Waals surface area contributed by atoms with E-state index in [0.717, 1.165) is 42.8 Å². The van der Waals surface area contributed by atoms with Crippen LogP contribution in [-0.2, 0) is 0 Å². The molecule has 2 rings (SSSR count). The second kappa shape index (κ2) is 57.0. The fraction of sp³-hybridized carbons (Fsp3) is 0.757. The van der Waals surface area contributed by atoms with Crippen molar-refractivity contribution in [1.82, 2.24) is 0 Å². The van der Waals surface area contributed by atoms with Crippen LogP contribution in [0.2, 0.25) is 0 Å². The summed E-state index contributed by atoms with van der Waals surface area (Å²) >= 11 is 0. The molecule has 0 aliphatic rings. The van der Waals surface area contributed by atoms with E-state index < -0.39 is 0 Å². The maximum atomic E-state index is 5.19. The van der Waals surface area contributed by atoms with Crippen molar-refractivity contribution in [2.45, 2.75) is 361 Å². The van der Waals surface area contributed by atoms with Crippen molar-refractivity contribution in [2.24, 2.45) is 9.98 Å². The number of unbranched alkanes of at least 4 members (excludes halogenated alkanes) is 49. The number of hydrogen-bond donors (Lipinski definition) is 0. The highest BCUT2D eigenvalue weighted by atomic mass is 14.8. The highest BCUT2D eigenvalue weighted by molar-refractivity contribution is 6.31. The van der Waals surface area contributed by atoms with E-state index in [2.05, 4.69) is 93.6 Å². The largest absolute Gasteiger partial charge is 0.255 e. The predicted molar refractivity (Wildman–Crippen MR) is 348 cm³/mol. The minimum absolute atomic E-state index is 0.967. The third-order valence-electron chi connectivity index (χ3n) is 16.2. The minimum atomic E-state index is 0.967. The van der Waals surface area contributed by atoms with Crippen molar-refractivity contribution >= 4 is 35.5 Å². The van der Waals surface area contributed by atoms with Crippen molar-refractivity contribution in [1.29, 1.82) is 0 Å². The van der Waals surface area contributed by atoms with Crippen molar-refractivity contribution in [3.63, 3.8) is 0 Å². The number of benzene rings is 2. The molecule has 0 aliphatic carbocycles. The third kappa shape index (κ3) is 47.3. The van der Waals surface area contributed by atoms with E-state index in [9.17, 15) is 0 Å². The molecule has 0 aliphatic heterocycles. The molecule has 2 heteroatoms. The molecule has 2 aromatic carbocycles. The first kappa shape index (κ1) is 69.4. The molecule has 0 aromatic heterocycles. The summed E-state index contributed by atoms with van der Waals surface area (Å²) in [4.78, 5) is 10.2. The molecular weight excluding hydrogens is 917 g/mol. The van der Waals surface area contributed by atoms with E-state index in [4.69, 9.17) is 9.98 Å². The van der Waals surface area contributed by atoms with Gasteiger partial charge in [-0.25, -0.2) is 0 Å². The van der Waals surface area contributed by atoms with Gasteiger partial charge in [-0.05, 0) is 73.9 Å². The lowest BCUT2D eigenvalue weighted by molar-refractivity contribution is 0.519. The lowest BCUT2D eigenvalue weighted by Gasteiger charge is -2.05. The second-order valence-corrected chi connectivity index (χ2v) is 23.8. The number of hydrogen-bond acceptors (Lipinski definition) is 2. The zero-order valence-corrected chi connectivity index (χ0v) is 51.4. The Kier molecular flexibility index (Phi) is 52.0. The van der Waals surface area contributed by atoms with Crippen LogP contribution in [0.3, 0.4) is 0 Å². The topological polar surface area (TPSA) is 24.7 Å². The van der Waals surface area contributed by atoms with Gasteiger partial charge in [-0.3, -0.25) is 9.98 Å². The summed E-state index contributed by atoms with van der Waals surface area (Å²) in [6.07, 6.45) is 85.6. The Labute approximate surface area is 476 Å². The lowest BCUT2D eigenvalue weighted by Crippen LogP contribution is -2.00. The van der Waals surface area contributed by atoms with E-state index in [-0.39, 0.29) is 0 Å². The molecule has 0 bridgehead atoms. The Bertz CT molecular complexity index is 1610. The highest BCUT2D eigenvalue weighted by Gasteiger charge is 2.03. The smallest absolute Gasteiger partial charge is 0.0639 e. The molecule has 0 radical (unpaired) electrons. The molecule has 2 nitrogen and oxygen atoms in total. The molecule has 0 fully saturated rings. The van der Waals surface area contributed by atoms with E-state index in [0.29, 0.717) is 0 Å². The summed E-state index contributed by atoms with van der Waals surface area (Å²) < 4.78 is 0. The minimum Gasteiger partial charge on any atom is -0.255 e. The summed E-state index contributed by atoms with van der Waals surface area (Å²) in [7, 11) is 0. The fourth-order valence-corrected chi connectivity index (χ4v) is 11.1. The van der Waals surface area contributed by atoms with Gasteiger partial charge in [-0.2, -0.15) is 0 Å². The van der Waals surface area contributed by atoms with Crippen molar-refractivity contribution < 1.29 is 0 Å². The van der Waals surface area contributed by atoms with Crippen LogP contribution >= 0.6 is 0 Å². The highest BCUT2D eigenvalue weighted by Crippen LogP contribution is 2.22. The zero-order chi connectivity index (χ0) is 54.0. The van der Waals surface area contributed by atoms with Gasteiger partial charge in [0.1, 0.15) is 0 Å². The molecule has 0 saturated heterocycles. The van der Waals surface area contributed by atoms with Gasteiger partial charge in [0.2, 0.25) is 0 Å².